The van der Waals surface area contributed by atoms with Crippen LogP contribution in [0.15, 0.2) is 156 Å². The van der Waals surface area contributed by atoms with Crippen molar-refractivity contribution >= 4 is 50.8 Å². The maximum Gasteiger partial charge on any atom is 0.161 e. The normalized spacial score (nSPS) is 17.0. The number of hydrogen-bond donors (Lipinski definition) is 0. The summed E-state index contributed by atoms with van der Waals surface area (Å²) >= 11 is 7.13. The Balaban J connectivity index is 0.000000189. The molecule has 0 saturated heterocycles. The van der Waals surface area contributed by atoms with Crippen molar-refractivity contribution in [2.45, 2.75) is 300 Å². The zero-order valence-electron chi connectivity index (χ0n) is 71.8. The Morgan fingerprint density at radius 1 is 0.314 bits per heavy atom. The predicted octanol–water partition coefficient (Wildman–Crippen LogP) is 30.7. The van der Waals surface area contributed by atoms with E-state index in [2.05, 4.69) is 392 Å². The number of benzene rings is 8. The highest BCUT2D eigenvalue weighted by Gasteiger charge is 2.48. The summed E-state index contributed by atoms with van der Waals surface area (Å²) in [7, 11) is -4.00. The first-order valence-electron chi connectivity index (χ1n) is 39.6. The SMILES string of the molecule is CC1=Cc2c(-c3ccc(C(C)(C)C)cc3)cccc2C1[Si](C)(C)C1C(C)=Cc2c1cc(C(C)(C)C)c(C)c2-c1cc(C(C)(C)C)cc(C(C)(C)C)c1.CC1=Cc2c(cc(C(C)(C)C)c(C)c2-c2cc(C(C)(C)C)cc(C(C)(C)C)c2)C1[Si](C)(C)Cl.CC1=Cc2cccc(-c3ccc(C(C)(C)C)cc3)c2C1. The Labute approximate surface area is 647 Å². The van der Waals surface area contributed by atoms with Gasteiger partial charge in [-0.2, -0.15) is 11.1 Å². The maximum atomic E-state index is 7.13. The Morgan fingerprint density at radius 2 is 0.648 bits per heavy atom. The summed E-state index contributed by atoms with van der Waals surface area (Å²) in [6, 6.07) is 52.1. The highest BCUT2D eigenvalue weighted by Crippen LogP contribution is 2.57. The lowest BCUT2D eigenvalue weighted by Gasteiger charge is -2.40. The van der Waals surface area contributed by atoms with Gasteiger partial charge in [-0.25, -0.2) is 0 Å². The van der Waals surface area contributed by atoms with Crippen LogP contribution in [0.1, 0.15) is 311 Å². The number of halogens is 1. The van der Waals surface area contributed by atoms with Crippen LogP contribution in [0.5, 0.6) is 0 Å². The largest absolute Gasteiger partial charge is 0.167 e. The average molecular weight is 1450 g/mol. The molecule has 0 spiro atoms. The summed E-state index contributed by atoms with van der Waals surface area (Å²) in [5.74, 6) is 0. The summed E-state index contributed by atoms with van der Waals surface area (Å²) < 4.78 is 0. The molecular weight excluding hydrogens is 1320 g/mol. The van der Waals surface area contributed by atoms with Crippen LogP contribution in [-0.4, -0.2) is 15.5 Å². The van der Waals surface area contributed by atoms with Gasteiger partial charge in [0.2, 0.25) is 0 Å². The highest BCUT2D eigenvalue weighted by molar-refractivity contribution is 7.20. The first kappa shape index (κ1) is 81.0. The van der Waals surface area contributed by atoms with Gasteiger partial charge in [-0.1, -0.05) is 372 Å². The van der Waals surface area contributed by atoms with Gasteiger partial charge in [0.1, 0.15) is 0 Å². The van der Waals surface area contributed by atoms with Crippen LogP contribution in [0, 0.1) is 13.8 Å². The molecule has 3 atom stereocenters. The van der Waals surface area contributed by atoms with Crippen LogP contribution in [0.25, 0.3) is 68.8 Å². The van der Waals surface area contributed by atoms with E-state index >= 15 is 0 Å². The second-order valence-electron chi connectivity index (χ2n) is 41.8. The van der Waals surface area contributed by atoms with E-state index in [1.807, 2.05) is 0 Å². The molecule has 0 aromatic heterocycles. The minimum atomic E-state index is -2.07. The van der Waals surface area contributed by atoms with Crippen LogP contribution in [0.4, 0.5) is 0 Å². The fraction of sp³-hybridized carbons (Fsp3) is 0.451. The number of hydrogen-bond acceptors (Lipinski definition) is 0. The molecule has 12 rings (SSSR count). The molecule has 0 aliphatic heterocycles. The van der Waals surface area contributed by atoms with E-state index in [1.54, 1.807) is 5.56 Å². The molecule has 105 heavy (non-hydrogen) atoms. The van der Waals surface area contributed by atoms with Crippen molar-refractivity contribution in [3.8, 4) is 44.5 Å². The second kappa shape index (κ2) is 28.1. The number of allylic oxidation sites excluding steroid dienone is 4. The lowest BCUT2D eigenvalue weighted by atomic mass is 9.75. The smallest absolute Gasteiger partial charge is 0.161 e. The van der Waals surface area contributed by atoms with Crippen LogP contribution >= 0.6 is 11.1 Å². The lowest BCUT2D eigenvalue weighted by molar-refractivity contribution is 0.568. The van der Waals surface area contributed by atoms with E-state index < -0.39 is 15.5 Å². The quantitative estimate of drug-likeness (QED) is 0.110. The van der Waals surface area contributed by atoms with E-state index in [0.717, 1.165) is 6.42 Å². The van der Waals surface area contributed by atoms with Gasteiger partial charge in [0.25, 0.3) is 0 Å². The van der Waals surface area contributed by atoms with Crippen LogP contribution in [0.2, 0.25) is 26.2 Å². The molecule has 0 radical (unpaired) electrons. The zero-order chi connectivity index (χ0) is 78.1. The average Bonchev–Trinajstić information content (AvgIpc) is 1.70. The van der Waals surface area contributed by atoms with Crippen LogP contribution in [0.3, 0.4) is 0 Å². The lowest BCUT2D eigenvalue weighted by Crippen LogP contribution is -2.42. The van der Waals surface area contributed by atoms with Crippen molar-refractivity contribution < 1.29 is 0 Å². The van der Waals surface area contributed by atoms with Gasteiger partial charge in [0.15, 0.2) is 7.38 Å². The van der Waals surface area contributed by atoms with Crippen molar-refractivity contribution in [2.75, 3.05) is 0 Å². The molecule has 0 heterocycles. The molecule has 0 amide bonds. The first-order valence-corrected chi connectivity index (χ1v) is 46.8. The van der Waals surface area contributed by atoms with Gasteiger partial charge in [-0.3, -0.25) is 0 Å². The molecule has 556 valence electrons. The summed E-state index contributed by atoms with van der Waals surface area (Å²) in [5, 5.41) is 0. The summed E-state index contributed by atoms with van der Waals surface area (Å²) in [5.41, 5.74) is 44.9. The molecular formula is C102H133ClSi2. The molecule has 3 unspecified atom stereocenters. The van der Waals surface area contributed by atoms with Crippen molar-refractivity contribution in [1.82, 2.24) is 0 Å². The minimum absolute atomic E-state index is 0.0301. The Bertz CT molecular complexity index is 4720. The third kappa shape index (κ3) is 16.6. The van der Waals surface area contributed by atoms with Crippen LogP contribution in [-0.2, 0) is 49.7 Å². The van der Waals surface area contributed by atoms with E-state index in [1.165, 1.54) is 161 Å². The first-order chi connectivity index (χ1) is 48.0. The Kier molecular flexibility index (Phi) is 21.7. The van der Waals surface area contributed by atoms with Gasteiger partial charge < -0.3 is 0 Å². The summed E-state index contributed by atoms with van der Waals surface area (Å²) in [6.45, 7) is 80.0. The van der Waals surface area contributed by atoms with E-state index in [4.69, 9.17) is 11.1 Å². The topological polar surface area (TPSA) is 0 Å². The van der Waals surface area contributed by atoms with Gasteiger partial charge in [-0.15, -0.1) is 0 Å². The van der Waals surface area contributed by atoms with E-state index in [9.17, 15) is 0 Å². The molecule has 0 saturated carbocycles. The molecule has 0 nitrogen and oxygen atoms in total. The van der Waals surface area contributed by atoms with E-state index in [-0.39, 0.29) is 43.3 Å². The standard InChI is InChI=1S/C51H66Si.C31H45ClSi.C20H22/c1-31-25-41-39(34-21-23-36(24-22-34)48(4,5)6)19-18-20-40(41)46(31)52(16,17)47-32(2)26-42-43(47)30-44(51(13,14)15)33(3)45(42)35-27-37(49(7,8)9)29-38(28-35)50(10,11)12;1-19-14-24-25(28(19)33(12,13)32)18-26(31(9,10)11)20(2)27(24)21-15-22(29(3,4)5)17-23(16-21)30(6,7)8;1-14-12-16-6-5-7-18(19(16)13-14)15-8-10-17(11-9-15)20(2,3)4/h18-30,46-47H,1-17H3;14-18,28H,1-13H3;5-12H,13H2,1-4H3. The molecule has 4 aliphatic rings. The van der Waals surface area contributed by atoms with Crippen molar-refractivity contribution in [1.29, 1.82) is 0 Å². The molecule has 4 aliphatic carbocycles. The molecule has 8 aromatic carbocycles. The van der Waals surface area contributed by atoms with Crippen molar-refractivity contribution in [3.63, 3.8) is 0 Å². The molecule has 0 bridgehead atoms. The zero-order valence-corrected chi connectivity index (χ0v) is 74.6. The maximum absolute atomic E-state index is 7.13. The predicted molar refractivity (Wildman–Crippen MR) is 474 cm³/mol. The molecule has 3 heteroatoms. The van der Waals surface area contributed by atoms with Gasteiger partial charge in [0.05, 0.1) is 8.07 Å². The second-order valence-corrected chi connectivity index (χ2v) is 53.2. The monoisotopic (exact) mass is 1450 g/mol. The van der Waals surface area contributed by atoms with Gasteiger partial charge >= 0.3 is 0 Å². The highest BCUT2D eigenvalue weighted by atomic mass is 35.6. The molecule has 8 aromatic rings. The van der Waals surface area contributed by atoms with Crippen molar-refractivity contribution in [2.24, 2.45) is 0 Å². The fourth-order valence-corrected chi connectivity index (χ4v) is 26.0. The minimum Gasteiger partial charge on any atom is -0.167 e. The third-order valence-electron chi connectivity index (χ3n) is 23.8. The summed E-state index contributed by atoms with van der Waals surface area (Å²) in [4.78, 5) is 0. The van der Waals surface area contributed by atoms with Crippen LogP contribution < -0.4 is 0 Å². The van der Waals surface area contributed by atoms with E-state index in [0.29, 0.717) is 16.6 Å². The third-order valence-corrected chi connectivity index (χ3v) is 31.1. The molecule has 0 fully saturated rings. The Morgan fingerprint density at radius 3 is 1.02 bits per heavy atom. The summed E-state index contributed by atoms with van der Waals surface area (Å²) in [6.07, 6.45) is 11.0. The van der Waals surface area contributed by atoms with Gasteiger partial charge in [0, 0.05) is 16.6 Å². The number of fused-ring (bicyclic) bond motifs is 4. The van der Waals surface area contributed by atoms with Crippen molar-refractivity contribution in [3.05, 3.63) is 256 Å². The number of rotatable bonds is 7. The molecule has 0 N–H and O–H groups in total. The Hall–Kier alpha value is -6.56. The fourth-order valence-electron chi connectivity index (χ4n) is 18.1. The van der Waals surface area contributed by atoms with Gasteiger partial charge in [-0.05, 0) is 236 Å².